The second-order valence-electron chi connectivity index (χ2n) is 4.22. The Hall–Kier alpha value is -1.90. The molecular formula is C14H13FN2. The molecule has 0 radical (unpaired) electrons. The minimum atomic E-state index is -0.243. The van der Waals surface area contributed by atoms with E-state index < -0.39 is 0 Å². The van der Waals surface area contributed by atoms with Crippen molar-refractivity contribution >= 4 is 16.6 Å². The van der Waals surface area contributed by atoms with Crippen LogP contribution in [0.4, 0.5) is 4.39 Å². The third-order valence-corrected chi connectivity index (χ3v) is 2.97. The van der Waals surface area contributed by atoms with Gasteiger partial charge in [0.05, 0.1) is 16.9 Å². The minimum Gasteiger partial charge on any atom is -0.384 e. The summed E-state index contributed by atoms with van der Waals surface area (Å²) in [5.74, 6) is -0.243. The quantitative estimate of drug-likeness (QED) is 0.811. The summed E-state index contributed by atoms with van der Waals surface area (Å²) in [5, 5.41) is 4.28. The van der Waals surface area contributed by atoms with Crippen LogP contribution in [-0.4, -0.2) is 11.5 Å². The number of rotatable bonds is 1. The molecule has 1 N–H and O–H groups in total. The molecule has 0 spiro atoms. The fraction of sp³-hybridized carbons (Fsp3) is 0.214. The molecule has 3 heteroatoms. The molecule has 1 aromatic heterocycles. The van der Waals surface area contributed by atoms with Gasteiger partial charge in [-0.15, -0.1) is 0 Å². The predicted molar refractivity (Wildman–Crippen MR) is 66.9 cm³/mol. The third kappa shape index (κ3) is 2.00. The van der Waals surface area contributed by atoms with E-state index >= 15 is 0 Å². The summed E-state index contributed by atoms with van der Waals surface area (Å²) < 4.78 is 13.1. The lowest BCUT2D eigenvalue weighted by Crippen LogP contribution is -2.18. The van der Waals surface area contributed by atoms with Crippen LogP contribution in [0.3, 0.4) is 0 Å². The Labute approximate surface area is 99.2 Å². The molecule has 1 aromatic carbocycles. The van der Waals surface area contributed by atoms with E-state index in [2.05, 4.69) is 16.4 Å². The van der Waals surface area contributed by atoms with Gasteiger partial charge in [-0.1, -0.05) is 12.1 Å². The zero-order chi connectivity index (χ0) is 11.7. The van der Waals surface area contributed by atoms with Gasteiger partial charge in [0.2, 0.25) is 0 Å². The van der Waals surface area contributed by atoms with Crippen LogP contribution in [0.5, 0.6) is 0 Å². The van der Waals surface area contributed by atoms with Crippen LogP contribution in [-0.2, 0) is 0 Å². The topological polar surface area (TPSA) is 24.9 Å². The first kappa shape index (κ1) is 10.3. The highest BCUT2D eigenvalue weighted by molar-refractivity contribution is 5.80. The maximum Gasteiger partial charge on any atom is 0.125 e. The summed E-state index contributed by atoms with van der Waals surface area (Å²) in [6, 6.07) is 8.65. The minimum absolute atomic E-state index is 0.243. The molecular weight excluding hydrogens is 215 g/mol. The van der Waals surface area contributed by atoms with Crippen molar-refractivity contribution in [2.24, 2.45) is 0 Å². The number of hydrogen-bond donors (Lipinski definition) is 1. The standard InChI is InChI=1S/C14H13FN2/c15-11-6-4-10-5-7-13(17-14(10)9-11)12-3-1-2-8-16-12/h3-7,9,16H,1-2,8H2. The van der Waals surface area contributed by atoms with E-state index in [1.54, 1.807) is 6.07 Å². The molecule has 3 rings (SSSR count). The Morgan fingerprint density at radius 3 is 2.88 bits per heavy atom. The summed E-state index contributed by atoms with van der Waals surface area (Å²) in [4.78, 5) is 4.49. The third-order valence-electron chi connectivity index (χ3n) is 2.97. The number of allylic oxidation sites excluding steroid dienone is 1. The van der Waals surface area contributed by atoms with Crippen molar-refractivity contribution in [1.29, 1.82) is 0 Å². The van der Waals surface area contributed by atoms with Gasteiger partial charge >= 0.3 is 0 Å². The van der Waals surface area contributed by atoms with Crippen molar-refractivity contribution in [3.63, 3.8) is 0 Å². The summed E-state index contributed by atoms with van der Waals surface area (Å²) in [6.45, 7) is 0.981. The van der Waals surface area contributed by atoms with Gasteiger partial charge in [-0.05, 0) is 31.0 Å². The van der Waals surface area contributed by atoms with E-state index in [9.17, 15) is 4.39 Å². The second kappa shape index (κ2) is 4.17. The van der Waals surface area contributed by atoms with Crippen molar-refractivity contribution in [1.82, 2.24) is 10.3 Å². The van der Waals surface area contributed by atoms with Crippen LogP contribution in [0.1, 0.15) is 18.5 Å². The van der Waals surface area contributed by atoms with Gasteiger partial charge in [-0.3, -0.25) is 0 Å². The van der Waals surface area contributed by atoms with Gasteiger partial charge in [0.1, 0.15) is 5.82 Å². The van der Waals surface area contributed by atoms with Crippen molar-refractivity contribution in [3.05, 3.63) is 47.9 Å². The van der Waals surface area contributed by atoms with E-state index in [0.717, 1.165) is 36.2 Å². The highest BCUT2D eigenvalue weighted by Gasteiger charge is 2.07. The molecule has 1 aliphatic heterocycles. The van der Waals surface area contributed by atoms with Crippen molar-refractivity contribution in [3.8, 4) is 0 Å². The van der Waals surface area contributed by atoms with Crippen LogP contribution >= 0.6 is 0 Å². The normalized spacial score (nSPS) is 15.5. The summed E-state index contributed by atoms with van der Waals surface area (Å²) in [5.41, 5.74) is 2.65. The lowest BCUT2D eigenvalue weighted by Gasteiger charge is -2.15. The molecule has 0 saturated heterocycles. The molecule has 2 heterocycles. The van der Waals surface area contributed by atoms with E-state index in [1.165, 1.54) is 12.1 Å². The molecule has 2 nitrogen and oxygen atoms in total. The number of hydrogen-bond acceptors (Lipinski definition) is 2. The first-order chi connectivity index (χ1) is 8.33. The van der Waals surface area contributed by atoms with E-state index in [4.69, 9.17) is 0 Å². The molecule has 17 heavy (non-hydrogen) atoms. The first-order valence-electron chi connectivity index (χ1n) is 5.84. The molecule has 0 fully saturated rings. The molecule has 0 bridgehead atoms. The molecule has 0 aliphatic carbocycles. The second-order valence-corrected chi connectivity index (χ2v) is 4.22. The maximum atomic E-state index is 13.1. The number of nitrogens with one attached hydrogen (secondary N) is 1. The summed E-state index contributed by atoms with van der Waals surface area (Å²) in [7, 11) is 0. The van der Waals surface area contributed by atoms with Crippen molar-refractivity contribution in [2.75, 3.05) is 6.54 Å². The van der Waals surface area contributed by atoms with Gasteiger partial charge < -0.3 is 5.32 Å². The largest absolute Gasteiger partial charge is 0.384 e. The van der Waals surface area contributed by atoms with Gasteiger partial charge in [-0.25, -0.2) is 9.37 Å². The maximum absolute atomic E-state index is 13.1. The van der Waals surface area contributed by atoms with Crippen LogP contribution in [0.2, 0.25) is 0 Å². The molecule has 2 aromatic rings. The van der Waals surface area contributed by atoms with Crippen molar-refractivity contribution in [2.45, 2.75) is 12.8 Å². The average molecular weight is 228 g/mol. The van der Waals surface area contributed by atoms with Gasteiger partial charge in [-0.2, -0.15) is 0 Å². The Bertz CT molecular complexity index is 590. The number of halogens is 1. The van der Waals surface area contributed by atoms with Gasteiger partial charge in [0, 0.05) is 18.0 Å². The van der Waals surface area contributed by atoms with Crippen LogP contribution in [0.25, 0.3) is 16.6 Å². The van der Waals surface area contributed by atoms with E-state index in [0.29, 0.717) is 5.52 Å². The molecule has 0 saturated carbocycles. The lowest BCUT2D eigenvalue weighted by molar-refractivity contribution is 0.629. The SMILES string of the molecule is Fc1ccc2ccc(C3=CCCCN3)nc2c1. The summed E-state index contributed by atoms with van der Waals surface area (Å²) >= 11 is 0. The number of aromatic nitrogens is 1. The molecule has 0 amide bonds. The number of pyridine rings is 1. The number of fused-ring (bicyclic) bond motifs is 1. The zero-order valence-electron chi connectivity index (χ0n) is 9.41. The zero-order valence-corrected chi connectivity index (χ0v) is 9.41. The fourth-order valence-electron chi connectivity index (χ4n) is 2.08. The molecule has 0 atom stereocenters. The molecule has 1 aliphatic rings. The predicted octanol–water partition coefficient (Wildman–Crippen LogP) is 3.10. The van der Waals surface area contributed by atoms with Gasteiger partial charge in [0.25, 0.3) is 0 Å². The Morgan fingerprint density at radius 2 is 2.06 bits per heavy atom. The van der Waals surface area contributed by atoms with E-state index in [1.807, 2.05) is 12.1 Å². The Kier molecular flexibility index (Phi) is 2.52. The Morgan fingerprint density at radius 1 is 1.18 bits per heavy atom. The average Bonchev–Trinajstić information content (AvgIpc) is 2.39. The lowest BCUT2D eigenvalue weighted by atomic mass is 10.1. The smallest absolute Gasteiger partial charge is 0.125 e. The van der Waals surface area contributed by atoms with Crippen molar-refractivity contribution < 1.29 is 4.39 Å². The molecule has 0 unspecified atom stereocenters. The van der Waals surface area contributed by atoms with Crippen LogP contribution < -0.4 is 5.32 Å². The summed E-state index contributed by atoms with van der Waals surface area (Å²) in [6.07, 6.45) is 4.38. The Balaban J connectivity index is 2.09. The molecule has 86 valence electrons. The van der Waals surface area contributed by atoms with Crippen LogP contribution in [0, 0.1) is 5.82 Å². The fourth-order valence-corrected chi connectivity index (χ4v) is 2.08. The highest BCUT2D eigenvalue weighted by atomic mass is 19.1. The van der Waals surface area contributed by atoms with E-state index in [-0.39, 0.29) is 5.82 Å². The number of benzene rings is 1. The number of nitrogens with zero attached hydrogens (tertiary/aromatic N) is 1. The first-order valence-corrected chi connectivity index (χ1v) is 5.84. The highest BCUT2D eigenvalue weighted by Crippen LogP contribution is 2.19. The van der Waals surface area contributed by atoms with Crippen LogP contribution in [0.15, 0.2) is 36.4 Å². The van der Waals surface area contributed by atoms with Gasteiger partial charge in [0.15, 0.2) is 0 Å². The monoisotopic (exact) mass is 228 g/mol.